The number of hydrogen-bond acceptors (Lipinski definition) is 4. The van der Waals surface area contributed by atoms with Crippen molar-refractivity contribution in [2.45, 2.75) is 19.5 Å². The molecule has 6 rings (SSSR count). The number of nitrogens with one attached hydrogen (secondary N) is 2. The van der Waals surface area contributed by atoms with Crippen molar-refractivity contribution in [3.8, 4) is 22.0 Å². The summed E-state index contributed by atoms with van der Waals surface area (Å²) in [7, 11) is 0. The normalized spacial score (nSPS) is 14.0. The molecule has 5 aromatic rings. The van der Waals surface area contributed by atoms with Gasteiger partial charge in [-0.3, -0.25) is 9.69 Å². The van der Waals surface area contributed by atoms with Gasteiger partial charge in [-0.2, -0.15) is 0 Å². The third-order valence-corrected chi connectivity index (χ3v) is 7.11. The Morgan fingerprint density at radius 2 is 1.88 bits per heavy atom. The smallest absolute Gasteiger partial charge is 0.255 e. The third-order valence-electron chi connectivity index (χ3n) is 6.23. The summed E-state index contributed by atoms with van der Waals surface area (Å²) in [6.45, 7) is 2.04. The van der Waals surface area contributed by atoms with Crippen LogP contribution in [0.2, 0.25) is 0 Å². The molecule has 0 saturated heterocycles. The van der Waals surface area contributed by atoms with E-state index in [1.54, 1.807) is 23.5 Å². The summed E-state index contributed by atoms with van der Waals surface area (Å²) in [5.41, 5.74) is 5.69. The molecule has 0 fully saturated rings. The van der Waals surface area contributed by atoms with Crippen molar-refractivity contribution < 1.29 is 4.39 Å². The van der Waals surface area contributed by atoms with Crippen molar-refractivity contribution in [3.05, 3.63) is 99.0 Å². The van der Waals surface area contributed by atoms with Crippen LogP contribution < -0.4 is 5.56 Å². The highest BCUT2D eigenvalue weighted by atomic mass is 32.1. The summed E-state index contributed by atoms with van der Waals surface area (Å²) in [5.74, 6) is 0.398. The number of fused-ring (bicyclic) bond motifs is 2. The SMILES string of the molecule is O=c1[nH]c(-c2cccs2)nc2c1CN(Cc1c(-c3ccc(F)cc3)[nH]c3ccccc13)CC2. The minimum Gasteiger partial charge on any atom is -0.354 e. The zero-order valence-electron chi connectivity index (χ0n) is 17.8. The average Bonchev–Trinajstić information content (AvgIpc) is 3.49. The van der Waals surface area contributed by atoms with Crippen LogP contribution in [-0.4, -0.2) is 26.4 Å². The Morgan fingerprint density at radius 3 is 2.70 bits per heavy atom. The van der Waals surface area contributed by atoms with Crippen LogP contribution in [0.1, 0.15) is 16.8 Å². The molecule has 0 aliphatic carbocycles. The van der Waals surface area contributed by atoms with Crippen LogP contribution in [0.5, 0.6) is 0 Å². The number of hydrogen-bond donors (Lipinski definition) is 2. The minimum atomic E-state index is -0.252. The summed E-state index contributed by atoms with van der Waals surface area (Å²) < 4.78 is 13.5. The van der Waals surface area contributed by atoms with Crippen LogP contribution in [0.3, 0.4) is 0 Å². The fraction of sp³-hybridized carbons (Fsp3) is 0.154. The fourth-order valence-corrected chi connectivity index (χ4v) is 5.27. The molecule has 0 unspecified atom stereocenters. The van der Waals surface area contributed by atoms with Gasteiger partial charge in [-0.15, -0.1) is 11.3 Å². The molecule has 0 atom stereocenters. The maximum absolute atomic E-state index is 13.5. The largest absolute Gasteiger partial charge is 0.354 e. The number of thiophene rings is 1. The van der Waals surface area contributed by atoms with E-state index in [0.29, 0.717) is 18.9 Å². The van der Waals surface area contributed by atoms with Crippen molar-refractivity contribution in [2.24, 2.45) is 0 Å². The summed E-state index contributed by atoms with van der Waals surface area (Å²) in [6.07, 6.45) is 0.728. The monoisotopic (exact) mass is 456 g/mol. The van der Waals surface area contributed by atoms with Gasteiger partial charge in [-0.05, 0) is 52.9 Å². The van der Waals surface area contributed by atoms with E-state index in [-0.39, 0.29) is 11.4 Å². The lowest BCUT2D eigenvalue weighted by Crippen LogP contribution is -2.35. The first-order chi connectivity index (χ1) is 16.2. The number of aromatic amines is 2. The predicted molar refractivity (Wildman–Crippen MR) is 130 cm³/mol. The van der Waals surface area contributed by atoms with Crippen molar-refractivity contribution in [3.63, 3.8) is 0 Å². The summed E-state index contributed by atoms with van der Waals surface area (Å²) in [4.78, 5) is 27.4. The van der Waals surface area contributed by atoms with Gasteiger partial charge < -0.3 is 9.97 Å². The lowest BCUT2D eigenvalue weighted by molar-refractivity contribution is 0.243. The zero-order valence-corrected chi connectivity index (χ0v) is 18.6. The molecule has 1 aliphatic rings. The van der Waals surface area contributed by atoms with Crippen LogP contribution in [-0.2, 0) is 19.5 Å². The van der Waals surface area contributed by atoms with Crippen LogP contribution >= 0.6 is 11.3 Å². The van der Waals surface area contributed by atoms with E-state index in [9.17, 15) is 9.18 Å². The van der Waals surface area contributed by atoms with Gasteiger partial charge in [0.2, 0.25) is 0 Å². The predicted octanol–water partition coefficient (Wildman–Crippen LogP) is 5.34. The molecule has 4 heterocycles. The first kappa shape index (κ1) is 20.1. The molecule has 0 spiro atoms. The van der Waals surface area contributed by atoms with Crippen molar-refractivity contribution in [1.82, 2.24) is 19.9 Å². The number of aromatic nitrogens is 3. The van der Waals surface area contributed by atoms with Gasteiger partial charge in [0.1, 0.15) is 5.82 Å². The number of para-hydroxylation sites is 1. The zero-order chi connectivity index (χ0) is 22.4. The second-order valence-corrected chi connectivity index (χ2v) is 9.26. The number of rotatable bonds is 4. The Bertz CT molecular complexity index is 1500. The van der Waals surface area contributed by atoms with Crippen molar-refractivity contribution in [2.75, 3.05) is 6.54 Å². The molecule has 0 radical (unpaired) electrons. The highest BCUT2D eigenvalue weighted by Crippen LogP contribution is 2.32. The van der Waals surface area contributed by atoms with Gasteiger partial charge >= 0.3 is 0 Å². The Morgan fingerprint density at radius 1 is 1.03 bits per heavy atom. The van der Waals surface area contributed by atoms with Crippen LogP contribution in [0, 0.1) is 5.82 Å². The molecule has 164 valence electrons. The Kier molecular flexibility index (Phi) is 4.93. The van der Waals surface area contributed by atoms with E-state index < -0.39 is 0 Å². The van der Waals surface area contributed by atoms with Gasteiger partial charge in [0.25, 0.3) is 5.56 Å². The lowest BCUT2D eigenvalue weighted by Gasteiger charge is -2.28. The van der Waals surface area contributed by atoms with Crippen LogP contribution in [0.15, 0.2) is 70.8 Å². The molecule has 0 amide bonds. The molecule has 2 N–H and O–H groups in total. The molecule has 7 heteroatoms. The molecule has 3 aromatic heterocycles. The number of H-pyrrole nitrogens is 2. The molecule has 5 nitrogen and oxygen atoms in total. The third kappa shape index (κ3) is 3.69. The van der Waals surface area contributed by atoms with E-state index >= 15 is 0 Å². The van der Waals surface area contributed by atoms with Gasteiger partial charge in [0.05, 0.1) is 21.8 Å². The van der Waals surface area contributed by atoms with Gasteiger partial charge in [-0.25, -0.2) is 9.37 Å². The van der Waals surface area contributed by atoms with E-state index in [2.05, 4.69) is 27.0 Å². The summed E-state index contributed by atoms with van der Waals surface area (Å²) in [6, 6.07) is 18.7. The molecule has 1 aliphatic heterocycles. The highest BCUT2D eigenvalue weighted by Gasteiger charge is 2.24. The number of nitrogens with zero attached hydrogens (tertiary/aromatic N) is 2. The quantitative estimate of drug-likeness (QED) is 0.383. The van der Waals surface area contributed by atoms with E-state index in [0.717, 1.165) is 56.8 Å². The molecule has 0 bridgehead atoms. The van der Waals surface area contributed by atoms with E-state index in [4.69, 9.17) is 4.98 Å². The molecule has 2 aromatic carbocycles. The molecule has 0 saturated carbocycles. The molecular formula is C26H21FN4OS. The average molecular weight is 457 g/mol. The van der Waals surface area contributed by atoms with Gasteiger partial charge in [0.15, 0.2) is 5.82 Å². The molecular weight excluding hydrogens is 435 g/mol. The Balaban J connectivity index is 1.35. The first-order valence-corrected chi connectivity index (χ1v) is 11.8. The van der Waals surface area contributed by atoms with Gasteiger partial charge in [0, 0.05) is 37.0 Å². The maximum Gasteiger partial charge on any atom is 0.255 e. The second kappa shape index (κ2) is 8.10. The van der Waals surface area contributed by atoms with Crippen molar-refractivity contribution in [1.29, 1.82) is 0 Å². The highest BCUT2D eigenvalue weighted by molar-refractivity contribution is 7.13. The lowest BCUT2D eigenvalue weighted by atomic mass is 10.0. The van der Waals surface area contributed by atoms with Gasteiger partial charge in [-0.1, -0.05) is 24.3 Å². The van der Waals surface area contributed by atoms with E-state index in [1.165, 1.54) is 12.1 Å². The standard InChI is InChI=1S/C26H21FN4OS/c27-17-9-7-16(8-10-17)24-19(18-4-1-2-5-21(18)28-24)14-31-12-11-22-20(15-31)26(32)30-25(29-22)23-6-3-13-33-23/h1-10,13,28H,11-12,14-15H2,(H,29,30,32). The topological polar surface area (TPSA) is 64.8 Å². The maximum atomic E-state index is 13.5. The van der Waals surface area contributed by atoms with Crippen molar-refractivity contribution >= 4 is 22.2 Å². The van der Waals surface area contributed by atoms with E-state index in [1.807, 2.05) is 29.6 Å². The minimum absolute atomic E-state index is 0.0641. The number of halogens is 1. The Hall–Kier alpha value is -3.55. The fourth-order valence-electron chi connectivity index (χ4n) is 4.60. The summed E-state index contributed by atoms with van der Waals surface area (Å²) in [5, 5.41) is 3.12. The van der Waals surface area contributed by atoms with Crippen LogP contribution in [0.4, 0.5) is 4.39 Å². The Labute approximate surface area is 193 Å². The molecule has 33 heavy (non-hydrogen) atoms. The second-order valence-electron chi connectivity index (χ2n) is 8.31. The number of benzene rings is 2. The van der Waals surface area contributed by atoms with Crippen LogP contribution in [0.25, 0.3) is 32.9 Å². The first-order valence-electron chi connectivity index (χ1n) is 10.9. The summed E-state index contributed by atoms with van der Waals surface area (Å²) >= 11 is 1.57.